The number of carbonyl (C=O) groups is 2. The second-order valence-electron chi connectivity index (χ2n) is 5.53. The average molecular weight is 392 g/mol. The van der Waals surface area contributed by atoms with Crippen LogP contribution in [-0.4, -0.2) is 18.0 Å². The molecule has 0 spiro atoms. The lowest BCUT2D eigenvalue weighted by molar-refractivity contribution is -0.124. The summed E-state index contributed by atoms with van der Waals surface area (Å²) in [6.45, 7) is 2.06. The van der Waals surface area contributed by atoms with E-state index in [0.717, 1.165) is 6.42 Å². The Hall–Kier alpha value is -2.37. The van der Waals surface area contributed by atoms with Gasteiger partial charge in [-0.15, -0.1) is 0 Å². The van der Waals surface area contributed by atoms with E-state index in [1.165, 1.54) is 11.8 Å². The van der Waals surface area contributed by atoms with Crippen molar-refractivity contribution in [3.8, 4) is 0 Å². The van der Waals surface area contributed by atoms with E-state index >= 15 is 0 Å². The molecule has 136 valence electrons. The van der Waals surface area contributed by atoms with Crippen LogP contribution in [0.4, 0.5) is 5.69 Å². The van der Waals surface area contributed by atoms with Gasteiger partial charge in [0, 0.05) is 24.1 Å². The number of hydrogen-bond acceptors (Lipinski definition) is 3. The molecule has 0 unspecified atom stereocenters. The summed E-state index contributed by atoms with van der Waals surface area (Å²) >= 11 is 12.0. The number of rotatable bonds is 7. The van der Waals surface area contributed by atoms with Gasteiger partial charge in [0.05, 0.1) is 16.3 Å². The third-order valence-corrected chi connectivity index (χ3v) is 4.27. The molecule has 2 aromatic rings. The van der Waals surface area contributed by atoms with E-state index in [1.807, 2.05) is 24.3 Å². The molecule has 0 aromatic heterocycles. The van der Waals surface area contributed by atoms with Crippen molar-refractivity contribution in [1.29, 1.82) is 0 Å². The van der Waals surface area contributed by atoms with Gasteiger partial charge in [-0.05, 0) is 36.2 Å². The van der Waals surface area contributed by atoms with E-state index < -0.39 is 0 Å². The standard InChI is InChI=1S/C19H19Cl2N3O2/c1-2-13-6-8-14(9-7-13)23-18(25)10-11-19(26)24-22-12-15-16(20)4-3-5-17(15)21/h3-9,12H,2,10-11H2,1H3,(H,23,25)(H,24,26)/b22-12-. The van der Waals surface area contributed by atoms with Crippen LogP contribution in [-0.2, 0) is 16.0 Å². The highest BCUT2D eigenvalue weighted by Crippen LogP contribution is 2.22. The van der Waals surface area contributed by atoms with E-state index in [4.69, 9.17) is 23.2 Å². The monoisotopic (exact) mass is 391 g/mol. The quantitative estimate of drug-likeness (QED) is 0.541. The van der Waals surface area contributed by atoms with Crippen LogP contribution in [0.3, 0.4) is 0 Å². The normalized spacial score (nSPS) is 10.7. The maximum Gasteiger partial charge on any atom is 0.240 e. The maximum absolute atomic E-state index is 11.9. The van der Waals surface area contributed by atoms with Crippen molar-refractivity contribution in [1.82, 2.24) is 5.43 Å². The van der Waals surface area contributed by atoms with Crippen LogP contribution in [0.15, 0.2) is 47.6 Å². The number of carbonyl (C=O) groups excluding carboxylic acids is 2. The fourth-order valence-electron chi connectivity index (χ4n) is 2.13. The summed E-state index contributed by atoms with van der Waals surface area (Å²) in [6, 6.07) is 12.7. The largest absolute Gasteiger partial charge is 0.326 e. The summed E-state index contributed by atoms with van der Waals surface area (Å²) in [5, 5.41) is 7.44. The molecule has 0 atom stereocenters. The van der Waals surface area contributed by atoms with Crippen molar-refractivity contribution in [3.63, 3.8) is 0 Å². The van der Waals surface area contributed by atoms with Crippen molar-refractivity contribution in [3.05, 3.63) is 63.6 Å². The highest BCUT2D eigenvalue weighted by atomic mass is 35.5. The molecule has 0 bridgehead atoms. The van der Waals surface area contributed by atoms with Gasteiger partial charge in [-0.1, -0.05) is 48.3 Å². The van der Waals surface area contributed by atoms with Gasteiger partial charge in [0.1, 0.15) is 0 Å². The molecule has 7 heteroatoms. The molecule has 0 heterocycles. The zero-order valence-corrected chi connectivity index (χ0v) is 15.8. The third kappa shape index (κ3) is 6.17. The third-order valence-electron chi connectivity index (χ3n) is 3.61. The molecular formula is C19H19Cl2N3O2. The van der Waals surface area contributed by atoms with Crippen molar-refractivity contribution in [2.24, 2.45) is 5.10 Å². The number of benzene rings is 2. The van der Waals surface area contributed by atoms with Gasteiger partial charge < -0.3 is 5.32 Å². The second-order valence-corrected chi connectivity index (χ2v) is 6.34. The van der Waals surface area contributed by atoms with Crippen LogP contribution in [0.1, 0.15) is 30.9 Å². The molecule has 0 radical (unpaired) electrons. The zero-order chi connectivity index (χ0) is 18.9. The molecule has 0 aliphatic rings. The molecule has 2 N–H and O–H groups in total. The zero-order valence-electron chi connectivity index (χ0n) is 14.3. The van der Waals surface area contributed by atoms with Crippen LogP contribution >= 0.6 is 23.2 Å². The topological polar surface area (TPSA) is 70.6 Å². The summed E-state index contributed by atoms with van der Waals surface area (Å²) in [5.41, 5.74) is 4.77. The summed E-state index contributed by atoms with van der Waals surface area (Å²) in [5.74, 6) is -0.608. The highest BCUT2D eigenvalue weighted by molar-refractivity contribution is 6.38. The van der Waals surface area contributed by atoms with E-state index in [2.05, 4.69) is 22.8 Å². The van der Waals surface area contributed by atoms with Crippen molar-refractivity contribution in [2.45, 2.75) is 26.2 Å². The number of aryl methyl sites for hydroxylation is 1. The number of nitrogens with zero attached hydrogens (tertiary/aromatic N) is 1. The van der Waals surface area contributed by atoms with Gasteiger partial charge in [0.2, 0.25) is 11.8 Å². The summed E-state index contributed by atoms with van der Waals surface area (Å²) in [4.78, 5) is 23.7. The van der Waals surface area contributed by atoms with E-state index in [9.17, 15) is 9.59 Å². The highest BCUT2D eigenvalue weighted by Gasteiger charge is 2.07. The summed E-state index contributed by atoms with van der Waals surface area (Å²) in [7, 11) is 0. The molecule has 0 fully saturated rings. The minimum absolute atomic E-state index is 0.0203. The van der Waals surface area contributed by atoms with Crippen molar-refractivity contribution >= 4 is 46.9 Å². The van der Waals surface area contributed by atoms with Crippen molar-refractivity contribution in [2.75, 3.05) is 5.32 Å². The predicted octanol–water partition coefficient (Wildman–Crippen LogP) is 4.42. The molecule has 2 rings (SSSR count). The molecule has 0 aliphatic carbocycles. The maximum atomic E-state index is 11.9. The van der Waals surface area contributed by atoms with Crippen LogP contribution < -0.4 is 10.7 Å². The fourth-order valence-corrected chi connectivity index (χ4v) is 2.63. The van der Waals surface area contributed by atoms with Crippen LogP contribution in [0.5, 0.6) is 0 Å². The number of amides is 2. The molecular weight excluding hydrogens is 373 g/mol. The molecule has 0 saturated heterocycles. The summed E-state index contributed by atoms with van der Waals surface area (Å²) < 4.78 is 0. The van der Waals surface area contributed by atoms with Gasteiger partial charge >= 0.3 is 0 Å². The van der Waals surface area contributed by atoms with Gasteiger partial charge in [0.25, 0.3) is 0 Å². The smallest absolute Gasteiger partial charge is 0.240 e. The Morgan fingerprint density at radius 1 is 1.00 bits per heavy atom. The minimum Gasteiger partial charge on any atom is -0.326 e. The van der Waals surface area contributed by atoms with E-state index in [0.29, 0.717) is 21.3 Å². The Labute approximate surface area is 162 Å². The second kappa shape index (κ2) is 9.94. The Morgan fingerprint density at radius 3 is 2.23 bits per heavy atom. The first-order valence-corrected chi connectivity index (χ1v) is 8.90. The van der Waals surface area contributed by atoms with Crippen LogP contribution in [0.2, 0.25) is 10.0 Å². The molecule has 2 amide bonds. The van der Waals surface area contributed by atoms with Gasteiger partial charge in [0.15, 0.2) is 0 Å². The minimum atomic E-state index is -0.374. The van der Waals surface area contributed by atoms with Crippen LogP contribution in [0, 0.1) is 0 Å². The van der Waals surface area contributed by atoms with E-state index in [1.54, 1.807) is 18.2 Å². The first kappa shape index (κ1) is 19.9. The molecule has 5 nitrogen and oxygen atoms in total. The SMILES string of the molecule is CCc1ccc(NC(=O)CCC(=O)N/N=C\c2c(Cl)cccc2Cl)cc1. The molecule has 0 aliphatic heterocycles. The number of hydrogen-bond donors (Lipinski definition) is 2. The van der Waals surface area contributed by atoms with E-state index in [-0.39, 0.29) is 24.7 Å². The first-order chi connectivity index (χ1) is 12.5. The van der Waals surface area contributed by atoms with Gasteiger partial charge in [-0.3, -0.25) is 9.59 Å². The molecule has 0 saturated carbocycles. The molecule has 26 heavy (non-hydrogen) atoms. The van der Waals surface area contributed by atoms with Crippen molar-refractivity contribution < 1.29 is 9.59 Å². The van der Waals surface area contributed by atoms with Crippen LogP contribution in [0.25, 0.3) is 0 Å². The Morgan fingerprint density at radius 2 is 1.62 bits per heavy atom. The van der Waals surface area contributed by atoms with Gasteiger partial charge in [-0.2, -0.15) is 5.10 Å². The lowest BCUT2D eigenvalue weighted by Gasteiger charge is -2.06. The first-order valence-electron chi connectivity index (χ1n) is 8.14. The molecule has 2 aromatic carbocycles. The summed E-state index contributed by atoms with van der Waals surface area (Å²) in [6.07, 6.45) is 2.39. The number of nitrogens with one attached hydrogen (secondary N) is 2. The van der Waals surface area contributed by atoms with Gasteiger partial charge in [-0.25, -0.2) is 5.43 Å². The predicted molar refractivity (Wildman–Crippen MR) is 106 cm³/mol. The number of hydrazone groups is 1. The average Bonchev–Trinajstić information content (AvgIpc) is 2.63. The number of halogens is 2. The Balaban J connectivity index is 1.77. The fraction of sp³-hybridized carbons (Fsp3) is 0.211. The Bertz CT molecular complexity index is 785. The lowest BCUT2D eigenvalue weighted by Crippen LogP contribution is -2.20. The Kier molecular flexibility index (Phi) is 7.63. The number of anilines is 1. The lowest BCUT2D eigenvalue weighted by atomic mass is 10.1.